The fourth-order valence-corrected chi connectivity index (χ4v) is 2.67. The molecule has 1 aliphatic rings. The molecule has 124 valence electrons. The number of hydrogen-bond acceptors (Lipinski definition) is 5. The molecule has 0 aliphatic carbocycles. The van der Waals surface area contributed by atoms with Crippen LogP contribution in [0.25, 0.3) is 0 Å². The zero-order chi connectivity index (χ0) is 17.1. The van der Waals surface area contributed by atoms with E-state index in [9.17, 15) is 9.59 Å². The Hall–Kier alpha value is -3.02. The molecule has 2 aromatic rings. The first-order valence-electron chi connectivity index (χ1n) is 7.49. The first-order chi connectivity index (χ1) is 11.6. The van der Waals surface area contributed by atoms with Crippen molar-refractivity contribution >= 4 is 17.9 Å². The van der Waals surface area contributed by atoms with Crippen molar-refractivity contribution in [3.8, 4) is 11.5 Å². The number of methoxy groups -OCH3 is 1. The molecular formula is C18H18N2O4. The van der Waals surface area contributed by atoms with E-state index in [1.807, 2.05) is 23.1 Å². The Bertz CT molecular complexity index is 775. The quantitative estimate of drug-likeness (QED) is 0.790. The number of anilines is 1. The first-order valence-corrected chi connectivity index (χ1v) is 7.49. The van der Waals surface area contributed by atoms with Crippen LogP contribution >= 0.6 is 0 Å². The topological polar surface area (TPSA) is 59.1 Å². The molecule has 1 amide bonds. The van der Waals surface area contributed by atoms with Crippen molar-refractivity contribution < 1.29 is 19.1 Å². The number of carbonyl (C=O) groups is 2. The molecule has 0 atom stereocenters. The molecule has 1 aliphatic heterocycles. The highest BCUT2D eigenvalue weighted by Crippen LogP contribution is 2.30. The lowest BCUT2D eigenvalue weighted by atomic mass is 10.1. The van der Waals surface area contributed by atoms with Gasteiger partial charge in [0.15, 0.2) is 18.2 Å². The Morgan fingerprint density at radius 1 is 1.17 bits per heavy atom. The zero-order valence-corrected chi connectivity index (χ0v) is 13.6. The number of fused-ring (bicyclic) bond motifs is 1. The van der Waals surface area contributed by atoms with Crippen LogP contribution in [-0.2, 0) is 0 Å². The average molecular weight is 326 g/mol. The van der Waals surface area contributed by atoms with Crippen LogP contribution in [0.3, 0.4) is 0 Å². The molecule has 2 aromatic carbocycles. The van der Waals surface area contributed by atoms with Crippen LogP contribution in [0.2, 0.25) is 0 Å². The zero-order valence-electron chi connectivity index (χ0n) is 13.6. The SMILES string of the molecule is COc1cc(C=O)ccc1OCN1CN(C)C(=O)c2ccccc21. The van der Waals surface area contributed by atoms with Crippen molar-refractivity contribution in [1.29, 1.82) is 0 Å². The summed E-state index contributed by atoms with van der Waals surface area (Å²) in [6.45, 7) is 0.690. The summed E-state index contributed by atoms with van der Waals surface area (Å²) in [5.41, 5.74) is 2.01. The van der Waals surface area contributed by atoms with Crippen molar-refractivity contribution in [3.05, 3.63) is 53.6 Å². The van der Waals surface area contributed by atoms with Crippen molar-refractivity contribution in [2.75, 3.05) is 32.5 Å². The average Bonchev–Trinajstić information content (AvgIpc) is 2.63. The molecule has 24 heavy (non-hydrogen) atoms. The molecule has 3 rings (SSSR count). The summed E-state index contributed by atoms with van der Waals surface area (Å²) in [4.78, 5) is 26.7. The fourth-order valence-electron chi connectivity index (χ4n) is 2.67. The summed E-state index contributed by atoms with van der Waals surface area (Å²) in [6, 6.07) is 12.4. The van der Waals surface area contributed by atoms with Gasteiger partial charge in [0.25, 0.3) is 5.91 Å². The molecule has 1 heterocycles. The van der Waals surface area contributed by atoms with E-state index in [0.29, 0.717) is 29.3 Å². The number of carbonyl (C=O) groups excluding carboxylic acids is 2. The molecule has 0 N–H and O–H groups in total. The van der Waals surface area contributed by atoms with Gasteiger partial charge in [-0.05, 0) is 30.3 Å². The van der Waals surface area contributed by atoms with Crippen molar-refractivity contribution in [2.45, 2.75) is 0 Å². The van der Waals surface area contributed by atoms with E-state index < -0.39 is 0 Å². The second-order valence-electron chi connectivity index (χ2n) is 5.50. The Balaban J connectivity index is 1.81. The van der Waals surface area contributed by atoms with E-state index in [1.165, 1.54) is 7.11 Å². The smallest absolute Gasteiger partial charge is 0.257 e. The predicted octanol–water partition coefficient (Wildman–Crippen LogP) is 2.39. The van der Waals surface area contributed by atoms with Gasteiger partial charge in [-0.25, -0.2) is 0 Å². The monoisotopic (exact) mass is 326 g/mol. The highest BCUT2D eigenvalue weighted by Gasteiger charge is 2.26. The number of ether oxygens (including phenoxy) is 2. The van der Waals surface area contributed by atoms with Gasteiger partial charge in [-0.1, -0.05) is 12.1 Å². The van der Waals surface area contributed by atoms with E-state index in [1.54, 1.807) is 36.2 Å². The number of aldehydes is 1. The van der Waals surface area contributed by atoms with Crippen molar-refractivity contribution in [3.63, 3.8) is 0 Å². The lowest BCUT2D eigenvalue weighted by Gasteiger charge is -2.35. The van der Waals surface area contributed by atoms with Gasteiger partial charge >= 0.3 is 0 Å². The summed E-state index contributed by atoms with van der Waals surface area (Å²) in [6.07, 6.45) is 0.758. The van der Waals surface area contributed by atoms with E-state index in [-0.39, 0.29) is 12.6 Å². The van der Waals surface area contributed by atoms with Gasteiger partial charge in [-0.2, -0.15) is 0 Å². The molecule has 0 unspecified atom stereocenters. The maximum atomic E-state index is 12.2. The minimum Gasteiger partial charge on any atom is -0.493 e. The third-order valence-electron chi connectivity index (χ3n) is 3.90. The summed E-state index contributed by atoms with van der Waals surface area (Å²) in [5.74, 6) is 1.03. The van der Waals surface area contributed by atoms with Crippen LogP contribution in [0, 0.1) is 0 Å². The van der Waals surface area contributed by atoms with Gasteiger partial charge in [-0.3, -0.25) is 9.59 Å². The Morgan fingerprint density at radius 3 is 2.71 bits per heavy atom. The van der Waals surface area contributed by atoms with Crippen LogP contribution in [0.15, 0.2) is 42.5 Å². The lowest BCUT2D eigenvalue weighted by molar-refractivity contribution is 0.0773. The molecule has 0 aromatic heterocycles. The summed E-state index contributed by atoms with van der Waals surface area (Å²) in [5, 5.41) is 0. The van der Waals surface area contributed by atoms with Crippen LogP contribution in [-0.4, -0.2) is 44.7 Å². The molecule has 0 saturated heterocycles. The van der Waals surface area contributed by atoms with Gasteiger partial charge in [-0.15, -0.1) is 0 Å². The third-order valence-corrected chi connectivity index (χ3v) is 3.90. The Morgan fingerprint density at radius 2 is 1.96 bits per heavy atom. The lowest BCUT2D eigenvalue weighted by Crippen LogP contribution is -2.46. The molecule has 0 fully saturated rings. The van der Waals surface area contributed by atoms with Crippen molar-refractivity contribution in [1.82, 2.24) is 4.90 Å². The molecule has 0 bridgehead atoms. The molecule has 6 nitrogen and oxygen atoms in total. The van der Waals surface area contributed by atoms with E-state index in [0.717, 1.165) is 12.0 Å². The highest BCUT2D eigenvalue weighted by atomic mass is 16.5. The highest BCUT2D eigenvalue weighted by molar-refractivity contribution is 6.01. The number of nitrogens with zero attached hydrogens (tertiary/aromatic N) is 2. The maximum Gasteiger partial charge on any atom is 0.257 e. The summed E-state index contributed by atoms with van der Waals surface area (Å²) < 4.78 is 11.1. The van der Waals surface area contributed by atoms with E-state index in [4.69, 9.17) is 9.47 Å². The molecule has 0 spiro atoms. The molecular weight excluding hydrogens is 308 g/mol. The minimum atomic E-state index is -0.00485. The van der Waals surface area contributed by atoms with Gasteiger partial charge in [0.1, 0.15) is 6.29 Å². The van der Waals surface area contributed by atoms with Crippen LogP contribution in [0.4, 0.5) is 5.69 Å². The first kappa shape index (κ1) is 15.9. The third kappa shape index (κ3) is 2.90. The molecule has 0 radical (unpaired) electrons. The largest absolute Gasteiger partial charge is 0.493 e. The van der Waals surface area contributed by atoms with E-state index >= 15 is 0 Å². The minimum absolute atomic E-state index is 0.00485. The Kier molecular flexibility index (Phi) is 4.37. The summed E-state index contributed by atoms with van der Waals surface area (Å²) in [7, 11) is 3.28. The predicted molar refractivity (Wildman–Crippen MR) is 89.8 cm³/mol. The van der Waals surface area contributed by atoms with Gasteiger partial charge in [0, 0.05) is 12.6 Å². The maximum absolute atomic E-state index is 12.2. The standard InChI is InChI=1S/C18H18N2O4/c1-19-11-20(15-6-4-3-5-14(15)18(19)22)12-24-16-8-7-13(10-21)9-17(16)23-2/h3-10H,11-12H2,1-2H3. The normalized spacial score (nSPS) is 13.5. The van der Waals surface area contributed by atoms with Crippen LogP contribution in [0.1, 0.15) is 20.7 Å². The van der Waals surface area contributed by atoms with Crippen LogP contribution in [0.5, 0.6) is 11.5 Å². The van der Waals surface area contributed by atoms with Crippen molar-refractivity contribution in [2.24, 2.45) is 0 Å². The van der Waals surface area contributed by atoms with E-state index in [2.05, 4.69) is 0 Å². The molecule has 6 heteroatoms. The number of benzene rings is 2. The second kappa shape index (κ2) is 6.62. The Labute approximate surface area is 140 Å². The second-order valence-corrected chi connectivity index (χ2v) is 5.50. The van der Waals surface area contributed by atoms with Gasteiger partial charge in [0.2, 0.25) is 0 Å². The van der Waals surface area contributed by atoms with Gasteiger partial charge < -0.3 is 19.3 Å². The number of rotatable bonds is 5. The van der Waals surface area contributed by atoms with Gasteiger partial charge in [0.05, 0.1) is 25.0 Å². The number of amides is 1. The number of para-hydroxylation sites is 1. The molecule has 0 saturated carbocycles. The summed E-state index contributed by atoms with van der Waals surface area (Å²) >= 11 is 0. The van der Waals surface area contributed by atoms with Crippen LogP contribution < -0.4 is 14.4 Å². The fraction of sp³-hybridized carbons (Fsp3) is 0.222. The number of hydrogen-bond donors (Lipinski definition) is 0.